The van der Waals surface area contributed by atoms with Crippen molar-refractivity contribution in [3.63, 3.8) is 0 Å². The second-order valence-corrected chi connectivity index (χ2v) is 6.63. The van der Waals surface area contributed by atoms with Gasteiger partial charge in [-0.1, -0.05) is 19.9 Å². The lowest BCUT2D eigenvalue weighted by Gasteiger charge is -2.19. The second-order valence-electron chi connectivity index (χ2n) is 6.63. The molecule has 0 bridgehead atoms. The molecule has 0 saturated carbocycles. The molecule has 2 aromatic rings. The number of aromatic amines is 1. The van der Waals surface area contributed by atoms with Crippen LogP contribution in [-0.4, -0.2) is 16.7 Å². The Morgan fingerprint density at radius 1 is 1.33 bits per heavy atom. The summed E-state index contributed by atoms with van der Waals surface area (Å²) < 4.78 is 5.24. The van der Waals surface area contributed by atoms with E-state index < -0.39 is 5.60 Å². The highest BCUT2D eigenvalue weighted by atomic mass is 16.6. The Labute approximate surface area is 125 Å². The Kier molecular flexibility index (Phi) is 4.26. The third-order valence-electron chi connectivity index (χ3n) is 3.24. The van der Waals surface area contributed by atoms with Gasteiger partial charge in [0.15, 0.2) is 0 Å². The van der Waals surface area contributed by atoms with Gasteiger partial charge >= 0.3 is 6.09 Å². The summed E-state index contributed by atoms with van der Waals surface area (Å²) in [5.74, 6) is 0.466. The molecule has 0 spiro atoms. The fourth-order valence-corrected chi connectivity index (χ4v) is 2.27. The summed E-state index contributed by atoms with van der Waals surface area (Å²) >= 11 is 0. The molecular weight excluding hydrogens is 264 g/mol. The number of ether oxygens (including phenoxy) is 1. The summed E-state index contributed by atoms with van der Waals surface area (Å²) in [7, 11) is 0. The zero-order chi connectivity index (χ0) is 15.6. The molecule has 4 heteroatoms. The molecule has 1 heterocycles. The molecule has 0 unspecified atom stereocenters. The molecule has 0 aliphatic rings. The number of amides is 1. The van der Waals surface area contributed by atoms with Crippen LogP contribution in [0.3, 0.4) is 0 Å². The average Bonchev–Trinajstić information content (AvgIpc) is 2.77. The van der Waals surface area contributed by atoms with Crippen molar-refractivity contribution in [3.8, 4) is 0 Å². The fourth-order valence-electron chi connectivity index (χ4n) is 2.27. The number of alkyl carbamates (subject to hydrolysis) is 1. The third-order valence-corrected chi connectivity index (χ3v) is 3.24. The number of benzene rings is 1. The average molecular weight is 288 g/mol. The number of carbonyl (C=O) groups excluding carboxylic acids is 1. The standard InChI is InChI=1S/C17H24N2O2/c1-11(2)14-10-18-15-7-6-12(8-13(14)15)9-19-16(20)21-17(3,4)5/h6-8,10-11,18H,9H2,1-5H3,(H,19,20). The first-order valence-corrected chi connectivity index (χ1v) is 7.33. The van der Waals surface area contributed by atoms with Gasteiger partial charge in [-0.25, -0.2) is 4.79 Å². The predicted octanol–water partition coefficient (Wildman–Crippen LogP) is 4.32. The van der Waals surface area contributed by atoms with E-state index in [9.17, 15) is 4.79 Å². The van der Waals surface area contributed by atoms with E-state index in [4.69, 9.17) is 4.74 Å². The predicted molar refractivity (Wildman–Crippen MR) is 85.5 cm³/mol. The van der Waals surface area contributed by atoms with Crippen LogP contribution < -0.4 is 5.32 Å². The Balaban J connectivity index is 2.09. The highest BCUT2D eigenvalue weighted by Gasteiger charge is 2.15. The van der Waals surface area contributed by atoms with Gasteiger partial charge in [0.1, 0.15) is 5.60 Å². The quantitative estimate of drug-likeness (QED) is 0.884. The van der Waals surface area contributed by atoms with Crippen molar-refractivity contribution in [2.75, 3.05) is 0 Å². The molecule has 1 aromatic carbocycles. The van der Waals surface area contributed by atoms with Crippen LogP contribution in [0.2, 0.25) is 0 Å². The van der Waals surface area contributed by atoms with Gasteiger partial charge in [0.2, 0.25) is 0 Å². The van der Waals surface area contributed by atoms with E-state index in [0.717, 1.165) is 11.1 Å². The first-order valence-electron chi connectivity index (χ1n) is 7.33. The summed E-state index contributed by atoms with van der Waals surface area (Å²) in [4.78, 5) is 15.0. The molecule has 0 fully saturated rings. The monoisotopic (exact) mass is 288 g/mol. The number of rotatable bonds is 3. The molecule has 1 aromatic heterocycles. The van der Waals surface area contributed by atoms with Gasteiger partial charge < -0.3 is 15.0 Å². The highest BCUT2D eigenvalue weighted by molar-refractivity contribution is 5.84. The molecule has 2 rings (SSSR count). The highest BCUT2D eigenvalue weighted by Crippen LogP contribution is 2.26. The van der Waals surface area contributed by atoms with Crippen LogP contribution in [-0.2, 0) is 11.3 Å². The zero-order valence-corrected chi connectivity index (χ0v) is 13.4. The van der Waals surface area contributed by atoms with Gasteiger partial charge in [0.05, 0.1) is 0 Å². The van der Waals surface area contributed by atoms with Crippen LogP contribution in [0, 0.1) is 0 Å². The number of fused-ring (bicyclic) bond motifs is 1. The molecule has 1 amide bonds. The van der Waals surface area contributed by atoms with E-state index in [-0.39, 0.29) is 6.09 Å². The molecule has 0 aliphatic carbocycles. The molecule has 0 aliphatic heterocycles. The van der Waals surface area contributed by atoms with Crippen LogP contribution in [0.1, 0.15) is 51.7 Å². The minimum atomic E-state index is -0.473. The molecule has 0 atom stereocenters. The van der Waals surface area contributed by atoms with Crippen molar-refractivity contribution < 1.29 is 9.53 Å². The van der Waals surface area contributed by atoms with Gasteiger partial charge in [-0.3, -0.25) is 0 Å². The lowest BCUT2D eigenvalue weighted by atomic mass is 10.0. The molecule has 4 nitrogen and oxygen atoms in total. The van der Waals surface area contributed by atoms with E-state index in [1.807, 2.05) is 32.9 Å². The fraction of sp³-hybridized carbons (Fsp3) is 0.471. The summed E-state index contributed by atoms with van der Waals surface area (Å²) in [5, 5.41) is 4.01. The maximum atomic E-state index is 11.7. The first-order chi connectivity index (χ1) is 9.76. The summed E-state index contributed by atoms with van der Waals surface area (Å²) in [5.41, 5.74) is 3.01. The van der Waals surface area contributed by atoms with E-state index >= 15 is 0 Å². The number of carbonyl (C=O) groups is 1. The van der Waals surface area contributed by atoms with Gasteiger partial charge in [-0.15, -0.1) is 0 Å². The van der Waals surface area contributed by atoms with Crippen molar-refractivity contribution in [3.05, 3.63) is 35.5 Å². The molecule has 0 radical (unpaired) electrons. The van der Waals surface area contributed by atoms with Crippen molar-refractivity contribution >= 4 is 17.0 Å². The zero-order valence-electron chi connectivity index (χ0n) is 13.4. The van der Waals surface area contributed by atoms with Crippen LogP contribution in [0.5, 0.6) is 0 Å². The van der Waals surface area contributed by atoms with Gasteiger partial charge in [0.25, 0.3) is 0 Å². The Bertz CT molecular complexity index is 636. The van der Waals surface area contributed by atoms with Crippen LogP contribution in [0.4, 0.5) is 4.79 Å². The van der Waals surface area contributed by atoms with Crippen molar-refractivity contribution in [2.24, 2.45) is 0 Å². The minimum Gasteiger partial charge on any atom is -0.444 e. The SMILES string of the molecule is CC(C)c1c[nH]c2ccc(CNC(=O)OC(C)(C)C)cc12. The van der Waals surface area contributed by atoms with E-state index in [1.54, 1.807) is 0 Å². The lowest BCUT2D eigenvalue weighted by Crippen LogP contribution is -2.32. The summed E-state index contributed by atoms with van der Waals surface area (Å²) in [6, 6.07) is 6.19. The Morgan fingerprint density at radius 2 is 2.05 bits per heavy atom. The van der Waals surface area contributed by atoms with Crippen LogP contribution in [0.15, 0.2) is 24.4 Å². The third kappa shape index (κ3) is 4.00. The summed E-state index contributed by atoms with van der Waals surface area (Å²) in [6.45, 7) is 10.4. The molecule has 2 N–H and O–H groups in total. The normalized spacial score (nSPS) is 11.9. The van der Waals surface area contributed by atoms with Gasteiger partial charge in [-0.2, -0.15) is 0 Å². The number of nitrogens with one attached hydrogen (secondary N) is 2. The number of H-pyrrole nitrogens is 1. The minimum absolute atomic E-state index is 0.388. The smallest absolute Gasteiger partial charge is 0.407 e. The van der Waals surface area contributed by atoms with E-state index in [0.29, 0.717) is 12.5 Å². The number of hydrogen-bond acceptors (Lipinski definition) is 2. The van der Waals surface area contributed by atoms with Gasteiger partial charge in [-0.05, 0) is 49.9 Å². The largest absolute Gasteiger partial charge is 0.444 e. The van der Waals surface area contributed by atoms with E-state index in [2.05, 4.69) is 36.4 Å². The van der Waals surface area contributed by atoms with Crippen molar-refractivity contribution in [1.82, 2.24) is 10.3 Å². The first kappa shape index (κ1) is 15.4. The van der Waals surface area contributed by atoms with Crippen LogP contribution in [0.25, 0.3) is 10.9 Å². The molecule has 21 heavy (non-hydrogen) atoms. The molecule has 114 valence electrons. The molecular formula is C17H24N2O2. The lowest BCUT2D eigenvalue weighted by molar-refractivity contribution is 0.0523. The van der Waals surface area contributed by atoms with Crippen LogP contribution >= 0.6 is 0 Å². The van der Waals surface area contributed by atoms with E-state index in [1.165, 1.54) is 10.9 Å². The molecule has 0 saturated heterocycles. The number of aromatic nitrogens is 1. The maximum Gasteiger partial charge on any atom is 0.407 e. The Morgan fingerprint density at radius 3 is 2.67 bits per heavy atom. The topological polar surface area (TPSA) is 54.1 Å². The maximum absolute atomic E-state index is 11.7. The number of hydrogen-bond donors (Lipinski definition) is 2. The van der Waals surface area contributed by atoms with Crippen molar-refractivity contribution in [1.29, 1.82) is 0 Å². The van der Waals surface area contributed by atoms with Gasteiger partial charge in [0, 0.05) is 23.6 Å². The summed E-state index contributed by atoms with van der Waals surface area (Å²) in [6.07, 6.45) is 1.67. The second kappa shape index (κ2) is 5.80. The Hall–Kier alpha value is -1.97. The van der Waals surface area contributed by atoms with Crippen molar-refractivity contribution in [2.45, 2.75) is 52.7 Å².